The molecular weight excluding hydrogens is 214 g/mol. The standard InChI is InChI=1S/C14H19NO2/c1-3-9-15(11(2)16)13-10-17-14(13)12-7-5-4-6-8-12/h4-8,13-14H,3,9-10H2,1-2H3/t13-,14-/m0/s1. The first-order valence-corrected chi connectivity index (χ1v) is 6.17. The van der Waals surface area contributed by atoms with Crippen LogP contribution in [0.5, 0.6) is 0 Å². The number of ether oxygens (including phenoxy) is 1. The van der Waals surface area contributed by atoms with E-state index in [1.165, 1.54) is 0 Å². The van der Waals surface area contributed by atoms with Crippen molar-refractivity contribution in [2.24, 2.45) is 0 Å². The topological polar surface area (TPSA) is 29.5 Å². The van der Waals surface area contributed by atoms with Gasteiger partial charge in [-0.1, -0.05) is 37.3 Å². The van der Waals surface area contributed by atoms with E-state index in [2.05, 4.69) is 19.1 Å². The van der Waals surface area contributed by atoms with Gasteiger partial charge >= 0.3 is 0 Å². The SMILES string of the molecule is CCCN(C(C)=O)[C@H]1CO[C@H]1c1ccccc1. The van der Waals surface area contributed by atoms with E-state index in [1.54, 1.807) is 6.92 Å². The van der Waals surface area contributed by atoms with Gasteiger partial charge in [0.15, 0.2) is 0 Å². The summed E-state index contributed by atoms with van der Waals surface area (Å²) in [4.78, 5) is 13.5. The van der Waals surface area contributed by atoms with Gasteiger partial charge in [0.2, 0.25) is 5.91 Å². The first-order valence-electron chi connectivity index (χ1n) is 6.17. The van der Waals surface area contributed by atoms with Crippen LogP contribution in [0.25, 0.3) is 0 Å². The molecule has 0 unspecified atom stereocenters. The van der Waals surface area contributed by atoms with Gasteiger partial charge < -0.3 is 9.64 Å². The number of benzene rings is 1. The molecule has 0 aliphatic carbocycles. The number of rotatable bonds is 4. The predicted molar refractivity (Wildman–Crippen MR) is 66.6 cm³/mol. The highest BCUT2D eigenvalue weighted by atomic mass is 16.5. The number of carbonyl (C=O) groups is 1. The van der Waals surface area contributed by atoms with Gasteiger partial charge in [-0.15, -0.1) is 0 Å². The van der Waals surface area contributed by atoms with E-state index in [1.807, 2.05) is 23.1 Å². The second-order valence-electron chi connectivity index (χ2n) is 4.44. The van der Waals surface area contributed by atoms with Crippen LogP contribution in [0.2, 0.25) is 0 Å². The summed E-state index contributed by atoms with van der Waals surface area (Å²) in [6.45, 7) is 5.19. The van der Waals surface area contributed by atoms with E-state index in [9.17, 15) is 4.79 Å². The Morgan fingerprint density at radius 3 is 2.59 bits per heavy atom. The third-order valence-corrected chi connectivity index (χ3v) is 3.19. The van der Waals surface area contributed by atoms with Crippen LogP contribution < -0.4 is 0 Å². The van der Waals surface area contributed by atoms with Crippen LogP contribution in [-0.4, -0.2) is 30.0 Å². The van der Waals surface area contributed by atoms with Gasteiger partial charge in [-0.3, -0.25) is 4.79 Å². The first kappa shape index (κ1) is 12.1. The highest BCUT2D eigenvalue weighted by Gasteiger charge is 2.38. The van der Waals surface area contributed by atoms with Crippen molar-refractivity contribution in [3.63, 3.8) is 0 Å². The summed E-state index contributed by atoms with van der Waals surface area (Å²) in [5.41, 5.74) is 1.16. The zero-order chi connectivity index (χ0) is 12.3. The van der Waals surface area contributed by atoms with Crippen LogP contribution in [0.1, 0.15) is 31.9 Å². The summed E-state index contributed by atoms with van der Waals surface area (Å²) in [5.74, 6) is 0.140. The third kappa shape index (κ3) is 2.50. The summed E-state index contributed by atoms with van der Waals surface area (Å²) in [7, 11) is 0. The molecule has 1 fully saturated rings. The third-order valence-electron chi connectivity index (χ3n) is 3.19. The quantitative estimate of drug-likeness (QED) is 0.799. The smallest absolute Gasteiger partial charge is 0.219 e. The molecule has 3 nitrogen and oxygen atoms in total. The Hall–Kier alpha value is -1.35. The van der Waals surface area contributed by atoms with E-state index in [0.717, 1.165) is 18.5 Å². The summed E-state index contributed by atoms with van der Waals surface area (Å²) < 4.78 is 5.61. The number of carbonyl (C=O) groups excluding carboxylic acids is 1. The minimum Gasteiger partial charge on any atom is -0.369 e. The molecule has 1 heterocycles. The monoisotopic (exact) mass is 233 g/mol. The zero-order valence-electron chi connectivity index (χ0n) is 10.4. The van der Waals surface area contributed by atoms with Crippen molar-refractivity contribution in [3.05, 3.63) is 35.9 Å². The van der Waals surface area contributed by atoms with Crippen molar-refractivity contribution in [1.82, 2.24) is 4.90 Å². The highest BCUT2D eigenvalue weighted by molar-refractivity contribution is 5.73. The van der Waals surface area contributed by atoms with Gasteiger partial charge in [-0.25, -0.2) is 0 Å². The van der Waals surface area contributed by atoms with Gasteiger partial charge in [0.1, 0.15) is 6.10 Å². The Morgan fingerprint density at radius 1 is 1.41 bits per heavy atom. The van der Waals surface area contributed by atoms with Gasteiger partial charge in [0, 0.05) is 13.5 Å². The zero-order valence-corrected chi connectivity index (χ0v) is 10.4. The predicted octanol–water partition coefficient (Wildman–Crippen LogP) is 2.39. The molecule has 2 rings (SSSR count). The molecule has 3 heteroatoms. The number of hydrogen-bond donors (Lipinski definition) is 0. The van der Waals surface area contributed by atoms with Crippen molar-refractivity contribution in [1.29, 1.82) is 0 Å². The average molecular weight is 233 g/mol. The first-order chi connectivity index (χ1) is 8.24. The Morgan fingerprint density at radius 2 is 2.12 bits per heavy atom. The van der Waals surface area contributed by atoms with Crippen LogP contribution in [0.15, 0.2) is 30.3 Å². The second kappa shape index (κ2) is 5.32. The van der Waals surface area contributed by atoms with Crippen molar-refractivity contribution in [3.8, 4) is 0 Å². The minimum absolute atomic E-state index is 0.0478. The van der Waals surface area contributed by atoms with Crippen LogP contribution in [0, 0.1) is 0 Å². The van der Waals surface area contributed by atoms with Crippen LogP contribution in [-0.2, 0) is 9.53 Å². The molecule has 0 spiro atoms. The molecule has 1 aliphatic heterocycles. The van der Waals surface area contributed by atoms with Crippen LogP contribution in [0.3, 0.4) is 0 Å². The molecule has 0 N–H and O–H groups in total. The molecule has 0 saturated carbocycles. The highest BCUT2D eigenvalue weighted by Crippen LogP contribution is 2.33. The lowest BCUT2D eigenvalue weighted by molar-refractivity contribution is -0.161. The lowest BCUT2D eigenvalue weighted by atomic mass is 9.96. The molecule has 0 radical (unpaired) electrons. The lowest BCUT2D eigenvalue weighted by Crippen LogP contribution is -2.53. The lowest BCUT2D eigenvalue weighted by Gasteiger charge is -2.44. The number of hydrogen-bond acceptors (Lipinski definition) is 2. The summed E-state index contributed by atoms with van der Waals surface area (Å²) in [6, 6.07) is 10.3. The molecule has 1 saturated heterocycles. The molecular formula is C14H19NO2. The molecule has 1 aromatic carbocycles. The summed E-state index contributed by atoms with van der Waals surface area (Å²) in [5, 5.41) is 0. The van der Waals surface area contributed by atoms with Gasteiger partial charge in [-0.05, 0) is 12.0 Å². The Balaban J connectivity index is 2.09. The van der Waals surface area contributed by atoms with Gasteiger partial charge in [0.25, 0.3) is 0 Å². The maximum atomic E-state index is 11.6. The Labute approximate surface area is 102 Å². The van der Waals surface area contributed by atoms with Crippen molar-refractivity contribution >= 4 is 5.91 Å². The molecule has 1 amide bonds. The summed E-state index contributed by atoms with van der Waals surface area (Å²) in [6.07, 6.45) is 1.03. The maximum absolute atomic E-state index is 11.6. The molecule has 1 aromatic rings. The average Bonchev–Trinajstić information content (AvgIpc) is 2.28. The molecule has 2 atom stereocenters. The fraction of sp³-hybridized carbons (Fsp3) is 0.500. The molecule has 1 aliphatic rings. The van der Waals surface area contributed by atoms with E-state index in [4.69, 9.17) is 4.74 Å². The van der Waals surface area contributed by atoms with E-state index >= 15 is 0 Å². The van der Waals surface area contributed by atoms with E-state index in [0.29, 0.717) is 6.61 Å². The van der Waals surface area contributed by atoms with Gasteiger partial charge in [0.05, 0.1) is 12.6 Å². The fourth-order valence-corrected chi connectivity index (χ4v) is 2.29. The van der Waals surface area contributed by atoms with Crippen molar-refractivity contribution < 1.29 is 9.53 Å². The maximum Gasteiger partial charge on any atom is 0.219 e. The van der Waals surface area contributed by atoms with Crippen molar-refractivity contribution in [2.75, 3.05) is 13.2 Å². The normalized spacial score (nSPS) is 22.9. The Kier molecular flexibility index (Phi) is 3.79. The van der Waals surface area contributed by atoms with Crippen molar-refractivity contribution in [2.45, 2.75) is 32.4 Å². The van der Waals surface area contributed by atoms with Crippen LogP contribution >= 0.6 is 0 Å². The van der Waals surface area contributed by atoms with E-state index in [-0.39, 0.29) is 18.1 Å². The number of nitrogens with zero attached hydrogens (tertiary/aromatic N) is 1. The number of amides is 1. The van der Waals surface area contributed by atoms with E-state index < -0.39 is 0 Å². The second-order valence-corrected chi connectivity index (χ2v) is 4.44. The van der Waals surface area contributed by atoms with Crippen LogP contribution in [0.4, 0.5) is 0 Å². The minimum atomic E-state index is 0.0478. The largest absolute Gasteiger partial charge is 0.369 e. The fourth-order valence-electron chi connectivity index (χ4n) is 2.29. The van der Waals surface area contributed by atoms with Gasteiger partial charge in [-0.2, -0.15) is 0 Å². The molecule has 0 aromatic heterocycles. The molecule has 17 heavy (non-hydrogen) atoms. The molecule has 0 bridgehead atoms. The summed E-state index contributed by atoms with van der Waals surface area (Å²) >= 11 is 0. The Bertz CT molecular complexity index is 377. The molecule has 92 valence electrons.